The van der Waals surface area contributed by atoms with Gasteiger partial charge in [0, 0.05) is 23.7 Å². The minimum absolute atomic E-state index is 0.0870. The van der Waals surface area contributed by atoms with Gasteiger partial charge < -0.3 is 10.1 Å². The zero-order chi connectivity index (χ0) is 22.0. The first-order chi connectivity index (χ1) is 14.9. The minimum Gasteiger partial charge on any atom is -0.449 e. The molecule has 2 heterocycles. The number of nitrogens with zero attached hydrogens (tertiary/aromatic N) is 2. The average Bonchev–Trinajstić information content (AvgIpc) is 2.99. The number of esters is 1. The smallest absolute Gasteiger partial charge is 0.338 e. The third-order valence-electron chi connectivity index (χ3n) is 5.30. The molecule has 0 saturated carbocycles. The molecular weight excluding hydrogens is 418 g/mol. The molecule has 0 aliphatic carbocycles. The monoisotopic (exact) mass is 439 g/mol. The SMILES string of the molecule is CC(OC(=O)c1ccc2c(=O)n3c(nc2c1)CCCCC3)C(=O)Nc1cccc(Cl)c1. The summed E-state index contributed by atoms with van der Waals surface area (Å²) in [5.74, 6) is -0.389. The highest BCUT2D eigenvalue weighted by atomic mass is 35.5. The van der Waals surface area contributed by atoms with Crippen LogP contribution in [0.15, 0.2) is 47.3 Å². The quantitative estimate of drug-likeness (QED) is 0.621. The van der Waals surface area contributed by atoms with Crippen LogP contribution in [0.2, 0.25) is 5.02 Å². The number of hydrogen-bond acceptors (Lipinski definition) is 5. The lowest BCUT2D eigenvalue weighted by Crippen LogP contribution is -2.30. The molecule has 1 N–H and O–H groups in total. The van der Waals surface area contributed by atoms with Crippen molar-refractivity contribution in [2.24, 2.45) is 0 Å². The van der Waals surface area contributed by atoms with Crippen molar-refractivity contribution in [1.29, 1.82) is 0 Å². The summed E-state index contributed by atoms with van der Waals surface area (Å²) in [5.41, 5.74) is 1.12. The van der Waals surface area contributed by atoms with E-state index < -0.39 is 18.0 Å². The molecule has 0 bridgehead atoms. The summed E-state index contributed by atoms with van der Waals surface area (Å²) in [5, 5.41) is 3.61. The largest absolute Gasteiger partial charge is 0.449 e. The molecule has 3 aromatic rings. The first-order valence-corrected chi connectivity index (χ1v) is 10.6. The predicted molar refractivity (Wildman–Crippen MR) is 119 cm³/mol. The Labute approximate surface area is 184 Å². The van der Waals surface area contributed by atoms with E-state index in [9.17, 15) is 14.4 Å². The van der Waals surface area contributed by atoms with Gasteiger partial charge in [-0.25, -0.2) is 9.78 Å². The summed E-state index contributed by atoms with van der Waals surface area (Å²) in [6.07, 6.45) is 2.72. The number of amides is 1. The molecule has 1 atom stereocenters. The average molecular weight is 440 g/mol. The number of carbonyl (C=O) groups is 2. The second-order valence-corrected chi connectivity index (χ2v) is 8.01. The lowest BCUT2D eigenvalue weighted by molar-refractivity contribution is -0.123. The molecule has 1 aliphatic heterocycles. The van der Waals surface area contributed by atoms with Crippen molar-refractivity contribution in [2.45, 2.75) is 45.3 Å². The molecule has 160 valence electrons. The summed E-state index contributed by atoms with van der Waals surface area (Å²) in [6.45, 7) is 2.16. The van der Waals surface area contributed by atoms with Crippen molar-refractivity contribution in [3.8, 4) is 0 Å². The molecule has 1 aromatic heterocycles. The zero-order valence-electron chi connectivity index (χ0n) is 17.1. The first-order valence-electron chi connectivity index (χ1n) is 10.2. The van der Waals surface area contributed by atoms with Gasteiger partial charge in [-0.05, 0) is 56.2 Å². The first kappa shape index (κ1) is 21.1. The Morgan fingerprint density at radius 2 is 2.00 bits per heavy atom. The van der Waals surface area contributed by atoms with Crippen LogP contribution in [-0.4, -0.2) is 27.5 Å². The maximum atomic E-state index is 12.8. The molecule has 8 heteroatoms. The van der Waals surface area contributed by atoms with Gasteiger partial charge in [0.1, 0.15) is 5.82 Å². The van der Waals surface area contributed by atoms with Crippen LogP contribution in [-0.2, 0) is 22.5 Å². The molecule has 4 rings (SSSR count). The van der Waals surface area contributed by atoms with E-state index in [1.165, 1.54) is 13.0 Å². The molecule has 2 aromatic carbocycles. The van der Waals surface area contributed by atoms with Crippen LogP contribution in [0.4, 0.5) is 5.69 Å². The number of anilines is 1. The second-order valence-electron chi connectivity index (χ2n) is 7.57. The van der Waals surface area contributed by atoms with Gasteiger partial charge in [-0.15, -0.1) is 0 Å². The molecule has 0 radical (unpaired) electrons. The normalized spacial score (nSPS) is 14.4. The standard InChI is InChI=1S/C23H22ClN3O4/c1-14(21(28)25-17-7-5-6-16(24)13-17)31-23(30)15-9-10-18-19(12-15)26-20-8-3-2-4-11-27(20)22(18)29/h5-7,9-10,12-14H,2-4,8,11H2,1H3,(H,25,28). The lowest BCUT2D eigenvalue weighted by atomic mass is 10.1. The fourth-order valence-corrected chi connectivity index (χ4v) is 3.83. The van der Waals surface area contributed by atoms with Gasteiger partial charge in [-0.1, -0.05) is 24.1 Å². The van der Waals surface area contributed by atoms with E-state index in [-0.39, 0.29) is 11.1 Å². The molecule has 1 unspecified atom stereocenters. The van der Waals surface area contributed by atoms with Crippen LogP contribution in [0.1, 0.15) is 42.4 Å². The Balaban J connectivity index is 1.52. The molecule has 0 fully saturated rings. The number of aromatic nitrogens is 2. The molecule has 1 amide bonds. The predicted octanol–water partition coefficient (Wildman–Crippen LogP) is 3.96. The van der Waals surface area contributed by atoms with Crippen LogP contribution in [0.5, 0.6) is 0 Å². The fourth-order valence-electron chi connectivity index (χ4n) is 3.64. The molecule has 7 nitrogen and oxygen atoms in total. The highest BCUT2D eigenvalue weighted by Gasteiger charge is 2.21. The lowest BCUT2D eigenvalue weighted by Gasteiger charge is -2.14. The van der Waals surface area contributed by atoms with Gasteiger partial charge in [0.25, 0.3) is 11.5 Å². The molecule has 0 spiro atoms. The number of rotatable bonds is 4. The summed E-state index contributed by atoms with van der Waals surface area (Å²) in [7, 11) is 0. The van der Waals surface area contributed by atoms with E-state index in [4.69, 9.17) is 16.3 Å². The number of nitrogens with one attached hydrogen (secondary N) is 1. The Morgan fingerprint density at radius 3 is 2.81 bits per heavy atom. The number of halogens is 1. The third-order valence-corrected chi connectivity index (χ3v) is 5.53. The number of carbonyl (C=O) groups excluding carboxylic acids is 2. The van der Waals surface area contributed by atoms with Crippen LogP contribution >= 0.6 is 11.6 Å². The third kappa shape index (κ3) is 4.61. The summed E-state index contributed by atoms with van der Waals surface area (Å²) in [6, 6.07) is 11.4. The van der Waals surface area contributed by atoms with Crippen molar-refractivity contribution < 1.29 is 14.3 Å². The van der Waals surface area contributed by atoms with Crippen molar-refractivity contribution >= 4 is 40.1 Å². The van der Waals surface area contributed by atoms with Crippen LogP contribution in [0, 0.1) is 0 Å². The van der Waals surface area contributed by atoms with E-state index in [0.29, 0.717) is 28.2 Å². The van der Waals surface area contributed by atoms with E-state index in [0.717, 1.165) is 31.5 Å². The van der Waals surface area contributed by atoms with Crippen LogP contribution < -0.4 is 10.9 Å². The van der Waals surface area contributed by atoms with Crippen molar-refractivity contribution in [1.82, 2.24) is 9.55 Å². The topological polar surface area (TPSA) is 90.3 Å². The summed E-state index contributed by atoms with van der Waals surface area (Å²) in [4.78, 5) is 42.4. The van der Waals surface area contributed by atoms with Crippen molar-refractivity contribution in [3.63, 3.8) is 0 Å². The van der Waals surface area contributed by atoms with Crippen LogP contribution in [0.3, 0.4) is 0 Å². The maximum absolute atomic E-state index is 12.8. The van der Waals surface area contributed by atoms with E-state index in [1.54, 1.807) is 41.0 Å². The summed E-state index contributed by atoms with van der Waals surface area (Å²) >= 11 is 5.92. The number of aryl methyl sites for hydroxylation is 1. The Bertz CT molecular complexity index is 1220. The number of benzene rings is 2. The van der Waals surface area contributed by atoms with Gasteiger partial charge in [0.15, 0.2) is 6.10 Å². The van der Waals surface area contributed by atoms with Crippen LogP contribution in [0.25, 0.3) is 10.9 Å². The van der Waals surface area contributed by atoms with Gasteiger partial charge in [-0.2, -0.15) is 0 Å². The molecule has 1 aliphatic rings. The maximum Gasteiger partial charge on any atom is 0.338 e. The van der Waals surface area contributed by atoms with Gasteiger partial charge in [0.2, 0.25) is 0 Å². The zero-order valence-corrected chi connectivity index (χ0v) is 17.8. The second kappa shape index (κ2) is 8.89. The van der Waals surface area contributed by atoms with E-state index >= 15 is 0 Å². The van der Waals surface area contributed by atoms with Gasteiger partial charge in [0.05, 0.1) is 16.5 Å². The van der Waals surface area contributed by atoms with Crippen molar-refractivity contribution in [3.05, 3.63) is 69.2 Å². The Morgan fingerprint density at radius 1 is 1.16 bits per heavy atom. The summed E-state index contributed by atoms with van der Waals surface area (Å²) < 4.78 is 7.05. The number of hydrogen-bond donors (Lipinski definition) is 1. The number of fused-ring (bicyclic) bond motifs is 2. The highest BCUT2D eigenvalue weighted by molar-refractivity contribution is 6.30. The molecular formula is C23H22ClN3O4. The fraction of sp³-hybridized carbons (Fsp3) is 0.304. The minimum atomic E-state index is -1.02. The van der Waals surface area contributed by atoms with E-state index in [1.807, 2.05) is 0 Å². The Kier molecular flexibility index (Phi) is 6.04. The number of ether oxygens (including phenoxy) is 1. The molecule has 31 heavy (non-hydrogen) atoms. The highest BCUT2D eigenvalue weighted by Crippen LogP contribution is 2.18. The van der Waals surface area contributed by atoms with Gasteiger partial charge >= 0.3 is 5.97 Å². The van der Waals surface area contributed by atoms with Crippen molar-refractivity contribution in [2.75, 3.05) is 5.32 Å². The van der Waals surface area contributed by atoms with Gasteiger partial charge in [-0.3, -0.25) is 14.2 Å². The molecule has 0 saturated heterocycles. The Hall–Kier alpha value is -3.19. The van der Waals surface area contributed by atoms with E-state index in [2.05, 4.69) is 10.3 Å².